The summed E-state index contributed by atoms with van der Waals surface area (Å²) in [5.74, 6) is -0.730. The molecule has 1 heterocycles. The van der Waals surface area contributed by atoms with E-state index in [2.05, 4.69) is 4.98 Å². The van der Waals surface area contributed by atoms with Crippen LogP contribution in [0.25, 0.3) is 0 Å². The fraction of sp³-hybridized carbons (Fsp3) is 0.375. The van der Waals surface area contributed by atoms with Crippen molar-refractivity contribution in [1.82, 2.24) is 4.98 Å². The zero-order valence-corrected chi connectivity index (χ0v) is 6.89. The first-order chi connectivity index (χ1) is 6.06. The normalized spacial score (nSPS) is 10.9. The third kappa shape index (κ3) is 1.98. The molecule has 0 aliphatic heterocycles. The van der Waals surface area contributed by atoms with Crippen LogP contribution in [0.1, 0.15) is 23.4 Å². The van der Waals surface area contributed by atoms with Gasteiger partial charge in [0.05, 0.1) is 6.61 Å². The smallest absolute Gasteiger partial charge is 0.280 e. The van der Waals surface area contributed by atoms with Gasteiger partial charge in [0, 0.05) is 0 Å². The molecule has 0 fully saturated rings. The van der Waals surface area contributed by atoms with Crippen molar-refractivity contribution < 1.29 is 18.3 Å². The number of aryl methyl sites for hydroxylation is 1. The average Bonchev–Trinajstić information content (AvgIpc) is 2.09. The Bertz CT molecular complexity index is 315. The molecule has 0 saturated carbocycles. The second kappa shape index (κ2) is 3.74. The molecule has 0 aliphatic rings. The molecule has 0 aromatic carbocycles. The lowest BCUT2D eigenvalue weighted by molar-refractivity contribution is 0.144. The summed E-state index contributed by atoms with van der Waals surface area (Å²) in [6.07, 6.45) is -2.75. The van der Waals surface area contributed by atoms with E-state index >= 15 is 0 Å². The van der Waals surface area contributed by atoms with E-state index < -0.39 is 24.5 Å². The van der Waals surface area contributed by atoms with Gasteiger partial charge in [-0.25, -0.2) is 18.2 Å². The molecule has 1 N–H and O–H groups in total. The molecule has 13 heavy (non-hydrogen) atoms. The lowest BCUT2D eigenvalue weighted by Gasteiger charge is -2.05. The molecule has 5 heteroatoms. The van der Waals surface area contributed by atoms with Crippen LogP contribution in [0, 0.1) is 12.7 Å². The van der Waals surface area contributed by atoms with Crippen LogP contribution >= 0.6 is 0 Å². The van der Waals surface area contributed by atoms with Gasteiger partial charge in [0.15, 0.2) is 0 Å². The Hall–Kier alpha value is -1.10. The van der Waals surface area contributed by atoms with Crippen molar-refractivity contribution in [2.45, 2.75) is 20.0 Å². The van der Waals surface area contributed by atoms with Gasteiger partial charge in [-0.15, -0.1) is 0 Å². The van der Waals surface area contributed by atoms with Crippen LogP contribution in [-0.4, -0.2) is 10.1 Å². The van der Waals surface area contributed by atoms with Gasteiger partial charge in [0.1, 0.15) is 17.2 Å². The number of hydrogen-bond donors (Lipinski definition) is 1. The van der Waals surface area contributed by atoms with Crippen molar-refractivity contribution in [1.29, 1.82) is 0 Å². The van der Waals surface area contributed by atoms with Crippen LogP contribution in [0.5, 0.6) is 0 Å². The maximum Gasteiger partial charge on any atom is 0.280 e. The maximum atomic E-state index is 13.0. The second-order valence-electron chi connectivity index (χ2n) is 2.58. The molecular weight excluding hydrogens is 183 g/mol. The quantitative estimate of drug-likeness (QED) is 0.775. The number of hydrogen-bond acceptors (Lipinski definition) is 2. The molecular formula is C8H8F3NO. The Kier molecular flexibility index (Phi) is 2.87. The lowest BCUT2D eigenvalue weighted by Crippen LogP contribution is -2.02. The van der Waals surface area contributed by atoms with Crippen LogP contribution in [0.2, 0.25) is 0 Å². The van der Waals surface area contributed by atoms with E-state index in [0.717, 1.165) is 6.07 Å². The minimum Gasteiger partial charge on any atom is -0.390 e. The van der Waals surface area contributed by atoms with Gasteiger partial charge in [-0.05, 0) is 18.6 Å². The Labute approximate surface area is 73.0 Å². The summed E-state index contributed by atoms with van der Waals surface area (Å²) in [6.45, 7) is 0.676. The number of aliphatic hydroxyl groups is 1. The van der Waals surface area contributed by atoms with E-state index in [4.69, 9.17) is 5.11 Å². The molecule has 1 aromatic heterocycles. The summed E-state index contributed by atoms with van der Waals surface area (Å²) < 4.78 is 37.2. The first-order valence-electron chi connectivity index (χ1n) is 3.61. The molecule has 0 unspecified atom stereocenters. The minimum absolute atomic E-state index is 0.0642. The fourth-order valence-corrected chi connectivity index (χ4v) is 0.967. The molecule has 2 nitrogen and oxygen atoms in total. The molecule has 0 amide bonds. The van der Waals surface area contributed by atoms with E-state index in [1.165, 1.54) is 6.92 Å². The van der Waals surface area contributed by atoms with Gasteiger partial charge in [0.25, 0.3) is 6.43 Å². The van der Waals surface area contributed by atoms with E-state index in [-0.39, 0.29) is 11.3 Å². The molecule has 0 saturated heterocycles. The third-order valence-corrected chi connectivity index (χ3v) is 1.60. The number of pyridine rings is 1. The molecule has 72 valence electrons. The zero-order valence-electron chi connectivity index (χ0n) is 6.89. The first kappa shape index (κ1) is 9.98. The van der Waals surface area contributed by atoms with Crippen molar-refractivity contribution >= 4 is 0 Å². The van der Waals surface area contributed by atoms with Gasteiger partial charge in [0.2, 0.25) is 0 Å². The second-order valence-corrected chi connectivity index (χ2v) is 2.58. The van der Waals surface area contributed by atoms with Crippen LogP contribution in [0.4, 0.5) is 13.2 Å². The Morgan fingerprint density at radius 3 is 2.62 bits per heavy atom. The van der Waals surface area contributed by atoms with Gasteiger partial charge in [-0.1, -0.05) is 0 Å². The van der Waals surface area contributed by atoms with Crippen molar-refractivity contribution in [2.75, 3.05) is 0 Å². The molecule has 0 spiro atoms. The number of alkyl halides is 2. The fourth-order valence-electron chi connectivity index (χ4n) is 0.967. The van der Waals surface area contributed by atoms with E-state index in [1.807, 2.05) is 0 Å². The minimum atomic E-state index is -2.75. The highest BCUT2D eigenvalue weighted by Gasteiger charge is 2.14. The highest BCUT2D eigenvalue weighted by molar-refractivity contribution is 5.22. The molecule has 0 bridgehead atoms. The summed E-state index contributed by atoms with van der Waals surface area (Å²) in [7, 11) is 0. The molecule has 0 atom stereocenters. The van der Waals surface area contributed by atoms with Crippen molar-refractivity contribution in [2.24, 2.45) is 0 Å². The van der Waals surface area contributed by atoms with E-state index in [1.54, 1.807) is 0 Å². The largest absolute Gasteiger partial charge is 0.390 e. The van der Waals surface area contributed by atoms with Crippen molar-refractivity contribution in [3.05, 3.63) is 28.8 Å². The van der Waals surface area contributed by atoms with Crippen molar-refractivity contribution in [3.63, 3.8) is 0 Å². The van der Waals surface area contributed by atoms with Gasteiger partial charge < -0.3 is 5.11 Å². The Balaban J connectivity index is 3.22. The van der Waals surface area contributed by atoms with Crippen molar-refractivity contribution in [3.8, 4) is 0 Å². The first-order valence-corrected chi connectivity index (χ1v) is 3.61. The molecule has 1 rings (SSSR count). The predicted molar refractivity (Wildman–Crippen MR) is 39.8 cm³/mol. The predicted octanol–water partition coefficient (Wildman–Crippen LogP) is 1.96. The Morgan fingerprint density at radius 1 is 1.54 bits per heavy atom. The number of halogens is 3. The summed E-state index contributed by atoms with van der Waals surface area (Å²) in [6, 6.07) is 0.971. The SMILES string of the molecule is Cc1cc(C(F)F)nc(CO)c1F. The maximum absolute atomic E-state index is 13.0. The van der Waals surface area contributed by atoms with E-state index in [0.29, 0.717) is 0 Å². The third-order valence-electron chi connectivity index (χ3n) is 1.60. The van der Waals surface area contributed by atoms with Gasteiger partial charge in [-0.2, -0.15) is 0 Å². The summed E-state index contributed by atoms with van der Waals surface area (Å²) in [5.41, 5.74) is -0.785. The highest BCUT2D eigenvalue weighted by atomic mass is 19.3. The lowest BCUT2D eigenvalue weighted by atomic mass is 10.2. The summed E-state index contributed by atoms with van der Waals surface area (Å²) in [5, 5.41) is 8.60. The Morgan fingerprint density at radius 2 is 2.15 bits per heavy atom. The summed E-state index contributed by atoms with van der Waals surface area (Å²) in [4.78, 5) is 3.28. The molecule has 1 aromatic rings. The number of aliphatic hydroxyl groups excluding tert-OH is 1. The monoisotopic (exact) mass is 191 g/mol. The summed E-state index contributed by atoms with van der Waals surface area (Å²) >= 11 is 0. The van der Waals surface area contributed by atoms with E-state index in [9.17, 15) is 13.2 Å². The van der Waals surface area contributed by atoms with Crippen LogP contribution in [0.3, 0.4) is 0 Å². The van der Waals surface area contributed by atoms with Gasteiger partial charge in [-0.3, -0.25) is 0 Å². The standard InChI is InChI=1S/C8H8F3NO/c1-4-2-5(8(10)11)12-6(3-13)7(4)9/h2,8,13H,3H2,1H3. The number of rotatable bonds is 2. The zero-order chi connectivity index (χ0) is 10.0. The molecule has 0 aliphatic carbocycles. The number of nitrogens with zero attached hydrogens (tertiary/aromatic N) is 1. The topological polar surface area (TPSA) is 33.1 Å². The van der Waals surface area contributed by atoms with Gasteiger partial charge >= 0.3 is 0 Å². The van der Waals surface area contributed by atoms with Crippen LogP contribution in [0.15, 0.2) is 6.07 Å². The molecule has 0 radical (unpaired) electrons. The average molecular weight is 191 g/mol. The highest BCUT2D eigenvalue weighted by Crippen LogP contribution is 2.20. The van der Waals surface area contributed by atoms with Crippen LogP contribution < -0.4 is 0 Å². The number of aromatic nitrogens is 1. The van der Waals surface area contributed by atoms with Crippen LogP contribution in [-0.2, 0) is 6.61 Å².